The third kappa shape index (κ3) is 7.70. The summed E-state index contributed by atoms with van der Waals surface area (Å²) in [4.78, 5) is 22.8. The molecule has 31 heavy (non-hydrogen) atoms. The number of hydrogen-bond acceptors (Lipinski definition) is 5. The highest BCUT2D eigenvalue weighted by molar-refractivity contribution is 8.01. The summed E-state index contributed by atoms with van der Waals surface area (Å²) in [6, 6.07) is 14.7. The molecule has 2 aromatic carbocycles. The molecule has 0 bridgehead atoms. The van der Waals surface area contributed by atoms with E-state index in [0.29, 0.717) is 18.6 Å². The van der Waals surface area contributed by atoms with Crippen LogP contribution in [-0.2, 0) is 16.0 Å². The van der Waals surface area contributed by atoms with Crippen molar-refractivity contribution in [2.24, 2.45) is 5.92 Å². The summed E-state index contributed by atoms with van der Waals surface area (Å²) in [6.45, 7) is 0. The Labute approximate surface area is 192 Å². The van der Waals surface area contributed by atoms with Gasteiger partial charge in [-0.15, -0.1) is 11.8 Å². The predicted molar refractivity (Wildman–Crippen MR) is 131 cm³/mol. The molecule has 2 aromatic rings. The summed E-state index contributed by atoms with van der Waals surface area (Å²) in [5, 5.41) is 21.5. The lowest BCUT2D eigenvalue weighted by Crippen LogP contribution is -2.17. The van der Waals surface area contributed by atoms with E-state index in [-0.39, 0.29) is 16.9 Å². The molecule has 1 saturated carbocycles. The van der Waals surface area contributed by atoms with Crippen molar-refractivity contribution >= 4 is 46.0 Å². The first-order chi connectivity index (χ1) is 15.0. The second-order valence-electron chi connectivity index (χ2n) is 7.93. The quantitative estimate of drug-likeness (QED) is 0.345. The minimum Gasteiger partial charge on any atom is -0.481 e. The van der Waals surface area contributed by atoms with Crippen molar-refractivity contribution < 1.29 is 19.8 Å². The number of carboxylic acids is 1. The molecule has 4 nitrogen and oxygen atoms in total. The van der Waals surface area contributed by atoms with Crippen LogP contribution >= 0.6 is 23.5 Å². The van der Waals surface area contributed by atoms with E-state index in [1.165, 1.54) is 28.1 Å². The van der Waals surface area contributed by atoms with Crippen LogP contribution in [0.15, 0.2) is 54.6 Å². The summed E-state index contributed by atoms with van der Waals surface area (Å²) in [5.41, 5.74) is 1.22. The van der Waals surface area contributed by atoms with Gasteiger partial charge in [0.1, 0.15) is 5.78 Å². The third-order valence-electron chi connectivity index (χ3n) is 5.51. The van der Waals surface area contributed by atoms with Crippen molar-refractivity contribution in [3.05, 3.63) is 60.2 Å². The average Bonchev–Trinajstić information content (AvgIpc) is 3.12. The normalized spacial score (nSPS) is 20.0. The molecule has 0 aliphatic heterocycles. The molecule has 1 aliphatic carbocycles. The number of benzene rings is 2. The van der Waals surface area contributed by atoms with E-state index in [4.69, 9.17) is 5.11 Å². The Balaban J connectivity index is 1.42. The number of rotatable bonds is 12. The number of allylic oxidation sites excluding steroid dienone is 1. The molecular formula is C25H30O4S2. The molecule has 0 radical (unpaired) electrons. The molecule has 1 aliphatic rings. The minimum atomic E-state index is -0.784. The van der Waals surface area contributed by atoms with Crippen LogP contribution in [0.2, 0.25) is 0 Å². The van der Waals surface area contributed by atoms with Crippen LogP contribution in [0.3, 0.4) is 0 Å². The van der Waals surface area contributed by atoms with Crippen LogP contribution in [0, 0.1) is 5.92 Å². The molecule has 1 fully saturated rings. The number of fused-ring (bicyclic) bond motifs is 1. The van der Waals surface area contributed by atoms with E-state index in [1.807, 2.05) is 24.3 Å². The van der Waals surface area contributed by atoms with Crippen molar-refractivity contribution in [3.8, 4) is 0 Å². The van der Waals surface area contributed by atoms with Gasteiger partial charge >= 0.3 is 5.97 Å². The number of aliphatic hydroxyl groups is 1. The van der Waals surface area contributed by atoms with Crippen molar-refractivity contribution in [3.63, 3.8) is 0 Å². The zero-order chi connectivity index (χ0) is 22.1. The summed E-state index contributed by atoms with van der Waals surface area (Å²) >= 11 is 3.10. The lowest BCUT2D eigenvalue weighted by atomic mass is 10.0. The standard InChI is InChI=1S/C25H30O4S2/c26-22(11-7-18-6-8-19-4-1-2-5-21(19)16-18)12-9-20-10-13-23(27)25(20)31-15-3-14-30-17-24(28)29/h1-2,4-6,8-9,12,16,20,22,25-26H,3,7,10-11,13-15,17H2,(H,28,29)/b12-9+/t20-,22+,25+/m0/s1. The fourth-order valence-corrected chi connectivity index (χ4v) is 6.05. The second-order valence-corrected chi connectivity index (χ2v) is 10.3. The lowest BCUT2D eigenvalue weighted by Gasteiger charge is -2.15. The first-order valence-electron chi connectivity index (χ1n) is 10.8. The zero-order valence-corrected chi connectivity index (χ0v) is 19.2. The number of aryl methyl sites for hydroxylation is 1. The maximum Gasteiger partial charge on any atom is 0.313 e. The average molecular weight is 459 g/mol. The second kappa shape index (κ2) is 12.3. The van der Waals surface area contributed by atoms with Crippen molar-refractivity contribution in [2.75, 3.05) is 17.3 Å². The summed E-state index contributed by atoms with van der Waals surface area (Å²) in [5.74, 6) is 1.48. The molecule has 0 saturated heterocycles. The Morgan fingerprint density at radius 2 is 1.97 bits per heavy atom. The molecule has 0 aromatic heterocycles. The molecule has 0 unspecified atom stereocenters. The molecule has 0 spiro atoms. The highest BCUT2D eigenvalue weighted by atomic mass is 32.2. The highest BCUT2D eigenvalue weighted by Crippen LogP contribution is 2.34. The van der Waals surface area contributed by atoms with Crippen LogP contribution < -0.4 is 0 Å². The fourth-order valence-electron chi connectivity index (χ4n) is 3.86. The Bertz CT molecular complexity index is 911. The third-order valence-corrected chi connectivity index (χ3v) is 8.03. The van der Waals surface area contributed by atoms with Gasteiger partial charge in [0.25, 0.3) is 0 Å². The van der Waals surface area contributed by atoms with Crippen LogP contribution in [0.5, 0.6) is 0 Å². The van der Waals surface area contributed by atoms with E-state index in [9.17, 15) is 14.7 Å². The molecule has 3 rings (SSSR count). The van der Waals surface area contributed by atoms with E-state index in [0.717, 1.165) is 30.8 Å². The van der Waals surface area contributed by atoms with E-state index in [1.54, 1.807) is 11.8 Å². The van der Waals surface area contributed by atoms with E-state index in [2.05, 4.69) is 30.3 Å². The van der Waals surface area contributed by atoms with Gasteiger partial charge in [-0.2, -0.15) is 11.8 Å². The molecule has 0 heterocycles. The van der Waals surface area contributed by atoms with Gasteiger partial charge in [-0.3, -0.25) is 9.59 Å². The molecule has 3 atom stereocenters. The molecule has 6 heteroatoms. The monoisotopic (exact) mass is 458 g/mol. The number of ketones is 1. The Kier molecular flexibility index (Phi) is 9.50. The van der Waals surface area contributed by atoms with Gasteiger partial charge in [-0.05, 0) is 59.4 Å². The van der Waals surface area contributed by atoms with Gasteiger partial charge in [0.05, 0.1) is 17.1 Å². The molecular weight excluding hydrogens is 428 g/mol. The number of hydrogen-bond donors (Lipinski definition) is 2. The molecule has 0 amide bonds. The van der Waals surface area contributed by atoms with E-state index < -0.39 is 12.1 Å². The summed E-state index contributed by atoms with van der Waals surface area (Å²) in [6.07, 6.45) is 7.21. The first-order valence-corrected chi connectivity index (χ1v) is 13.0. The number of Topliss-reactive ketones (excluding diaryl/α,β-unsaturated/α-hetero) is 1. The van der Waals surface area contributed by atoms with Gasteiger partial charge in [-0.25, -0.2) is 0 Å². The van der Waals surface area contributed by atoms with Crippen LogP contribution in [0.1, 0.15) is 31.2 Å². The van der Waals surface area contributed by atoms with Crippen LogP contribution in [-0.4, -0.2) is 50.6 Å². The SMILES string of the molecule is O=C(O)CSCCCS[C@H]1C(=O)CC[C@@H]1/C=C/[C@H](O)CCc1ccc2ccccc2c1. The topological polar surface area (TPSA) is 74.6 Å². The number of carbonyl (C=O) groups excluding carboxylic acids is 1. The Morgan fingerprint density at radius 1 is 1.16 bits per heavy atom. The Hall–Kier alpha value is -1.76. The van der Waals surface area contributed by atoms with Crippen LogP contribution in [0.25, 0.3) is 10.8 Å². The number of thioether (sulfide) groups is 2. The highest BCUT2D eigenvalue weighted by Gasteiger charge is 2.33. The number of carboxylic acid groups (broad SMARTS) is 1. The van der Waals surface area contributed by atoms with Gasteiger partial charge < -0.3 is 10.2 Å². The van der Waals surface area contributed by atoms with Crippen LogP contribution in [0.4, 0.5) is 0 Å². The first kappa shape index (κ1) is 23.9. The summed E-state index contributed by atoms with van der Waals surface area (Å²) < 4.78 is 0. The lowest BCUT2D eigenvalue weighted by molar-refractivity contribution is -0.133. The molecule has 2 N–H and O–H groups in total. The van der Waals surface area contributed by atoms with Gasteiger partial charge in [0.15, 0.2) is 0 Å². The largest absolute Gasteiger partial charge is 0.481 e. The molecule has 166 valence electrons. The number of aliphatic carboxylic acids is 1. The maximum atomic E-state index is 12.3. The van der Waals surface area contributed by atoms with Crippen molar-refractivity contribution in [1.29, 1.82) is 0 Å². The minimum absolute atomic E-state index is 0.0339. The van der Waals surface area contributed by atoms with Crippen molar-refractivity contribution in [1.82, 2.24) is 0 Å². The van der Waals surface area contributed by atoms with Gasteiger partial charge in [0, 0.05) is 6.42 Å². The van der Waals surface area contributed by atoms with Gasteiger partial charge in [-0.1, -0.05) is 54.6 Å². The smallest absolute Gasteiger partial charge is 0.313 e. The summed E-state index contributed by atoms with van der Waals surface area (Å²) in [7, 11) is 0. The fraction of sp³-hybridized carbons (Fsp3) is 0.440. The number of aliphatic hydroxyl groups excluding tert-OH is 1. The van der Waals surface area contributed by atoms with Crippen molar-refractivity contribution in [2.45, 2.75) is 43.5 Å². The maximum absolute atomic E-state index is 12.3. The zero-order valence-electron chi connectivity index (χ0n) is 17.6. The number of carbonyl (C=O) groups is 2. The van der Waals surface area contributed by atoms with E-state index >= 15 is 0 Å². The predicted octanol–water partition coefficient (Wildman–Crippen LogP) is 4.98. The van der Waals surface area contributed by atoms with Gasteiger partial charge in [0.2, 0.25) is 0 Å². The Morgan fingerprint density at radius 3 is 2.77 bits per heavy atom.